The molecule has 0 spiro atoms. The highest BCUT2D eigenvalue weighted by molar-refractivity contribution is 7.90. The quantitative estimate of drug-likeness (QED) is 0.614. The van der Waals surface area contributed by atoms with E-state index in [4.69, 9.17) is 0 Å². The molecule has 2 aromatic carbocycles. The van der Waals surface area contributed by atoms with Gasteiger partial charge in [-0.1, -0.05) is 38.1 Å². The summed E-state index contributed by atoms with van der Waals surface area (Å²) < 4.78 is 38.5. The minimum Gasteiger partial charge on any atom is -0.267 e. The molecule has 0 unspecified atom stereocenters. The summed E-state index contributed by atoms with van der Waals surface area (Å²) in [4.78, 5) is 13.6. The zero-order chi connectivity index (χ0) is 21.7. The molecule has 1 aliphatic rings. The highest BCUT2D eigenvalue weighted by atomic mass is 32.2. The van der Waals surface area contributed by atoms with Crippen LogP contribution in [-0.4, -0.2) is 24.5 Å². The summed E-state index contributed by atoms with van der Waals surface area (Å²) >= 11 is 0. The number of hydrogen-bond donors (Lipinski definition) is 0. The Morgan fingerprint density at radius 3 is 2.17 bits per heavy atom. The molecule has 0 radical (unpaired) electrons. The Morgan fingerprint density at radius 2 is 1.63 bits per heavy atom. The number of sulfone groups is 1. The fraction of sp³-hybridized carbons (Fsp3) is 0.304. The molecule has 1 aromatic heterocycles. The van der Waals surface area contributed by atoms with Gasteiger partial charge in [0.2, 0.25) is 0 Å². The monoisotopic (exact) mass is 426 g/mol. The summed E-state index contributed by atoms with van der Waals surface area (Å²) in [6.07, 6.45) is 3.82. The number of nitrogens with zero attached hydrogens (tertiary/aromatic N) is 2. The third-order valence-corrected chi connectivity index (χ3v) is 7.01. The molecule has 5 nitrogen and oxygen atoms in total. The van der Waals surface area contributed by atoms with Gasteiger partial charge in [0, 0.05) is 18.4 Å². The van der Waals surface area contributed by atoms with E-state index in [0.29, 0.717) is 34.7 Å². The largest absolute Gasteiger partial charge is 0.275 e. The molecule has 1 atom stereocenters. The lowest BCUT2D eigenvalue weighted by molar-refractivity contribution is 0.458. The molecule has 0 N–H and O–H groups in total. The Kier molecular flexibility index (Phi) is 4.89. The van der Waals surface area contributed by atoms with Crippen molar-refractivity contribution in [2.75, 3.05) is 6.26 Å². The highest BCUT2D eigenvalue weighted by Gasteiger charge is 2.45. The average Bonchev–Trinajstić information content (AvgIpc) is 3.29. The van der Waals surface area contributed by atoms with Gasteiger partial charge in [-0.25, -0.2) is 17.5 Å². The van der Waals surface area contributed by atoms with Gasteiger partial charge in [-0.15, -0.1) is 0 Å². The predicted octanol–water partition coefficient (Wildman–Crippen LogP) is 4.17. The maximum Gasteiger partial charge on any atom is 0.275 e. The van der Waals surface area contributed by atoms with E-state index < -0.39 is 9.84 Å². The van der Waals surface area contributed by atoms with Crippen molar-refractivity contribution in [2.45, 2.75) is 31.7 Å². The van der Waals surface area contributed by atoms with Gasteiger partial charge in [0.25, 0.3) is 5.56 Å². The molecule has 4 rings (SSSR count). The molecular formula is C23H23FN2O3S. The topological polar surface area (TPSA) is 69.0 Å². The van der Waals surface area contributed by atoms with Crippen LogP contribution in [0.2, 0.25) is 0 Å². The first-order chi connectivity index (χ1) is 14.1. The van der Waals surface area contributed by atoms with Gasteiger partial charge in [-0.2, -0.15) is 5.10 Å². The molecule has 0 bridgehead atoms. The van der Waals surface area contributed by atoms with Crippen LogP contribution in [0.4, 0.5) is 4.39 Å². The van der Waals surface area contributed by atoms with E-state index in [1.807, 2.05) is 0 Å². The lowest BCUT2D eigenvalue weighted by Gasteiger charge is -2.13. The van der Waals surface area contributed by atoms with Crippen LogP contribution in [0, 0.1) is 17.2 Å². The number of halogens is 1. The molecule has 1 fully saturated rings. The van der Waals surface area contributed by atoms with Crippen molar-refractivity contribution in [1.82, 2.24) is 9.78 Å². The minimum atomic E-state index is -3.32. The second kappa shape index (κ2) is 7.16. The Hall–Kier alpha value is -2.80. The fourth-order valence-corrected chi connectivity index (χ4v) is 4.34. The SMILES string of the molecule is CC1(C)C[C@@H]1Cn1ncc(-c2ccc(S(C)(=O)=O)cc2)c(-c2ccc(F)cc2)c1=O. The average molecular weight is 427 g/mol. The summed E-state index contributed by atoms with van der Waals surface area (Å²) in [5.74, 6) is 0.00980. The molecule has 30 heavy (non-hydrogen) atoms. The van der Waals surface area contributed by atoms with Crippen LogP contribution in [-0.2, 0) is 16.4 Å². The number of rotatable bonds is 5. The lowest BCUT2D eigenvalue weighted by Crippen LogP contribution is -2.26. The molecule has 1 heterocycles. The first kappa shape index (κ1) is 20.5. The standard InChI is InChI=1S/C23H23FN2O3S/c1-23(2)12-17(23)14-26-22(27)21(16-4-8-18(24)9-5-16)20(13-25-26)15-6-10-19(11-7-15)30(3,28)29/h4-11,13,17H,12,14H2,1-3H3/t17-/m1/s1. The van der Waals surface area contributed by atoms with Crippen molar-refractivity contribution < 1.29 is 12.8 Å². The highest BCUT2D eigenvalue weighted by Crippen LogP contribution is 2.52. The van der Waals surface area contributed by atoms with Crippen molar-refractivity contribution in [2.24, 2.45) is 11.3 Å². The predicted molar refractivity (Wildman–Crippen MR) is 114 cm³/mol. The van der Waals surface area contributed by atoms with E-state index in [1.54, 1.807) is 30.5 Å². The van der Waals surface area contributed by atoms with Gasteiger partial charge in [0.05, 0.1) is 16.7 Å². The summed E-state index contributed by atoms with van der Waals surface area (Å²) in [6, 6.07) is 12.1. The van der Waals surface area contributed by atoms with Crippen molar-refractivity contribution in [1.29, 1.82) is 0 Å². The summed E-state index contributed by atoms with van der Waals surface area (Å²) in [6.45, 7) is 4.87. The Balaban J connectivity index is 1.84. The second-order valence-electron chi connectivity index (χ2n) is 8.61. The van der Waals surface area contributed by atoms with Gasteiger partial charge < -0.3 is 0 Å². The van der Waals surface area contributed by atoms with E-state index in [0.717, 1.165) is 12.7 Å². The van der Waals surface area contributed by atoms with Gasteiger partial charge >= 0.3 is 0 Å². The van der Waals surface area contributed by atoms with Crippen molar-refractivity contribution in [3.8, 4) is 22.3 Å². The van der Waals surface area contributed by atoms with Crippen LogP contribution in [0.15, 0.2) is 64.4 Å². The van der Waals surface area contributed by atoms with Crippen molar-refractivity contribution >= 4 is 9.84 Å². The van der Waals surface area contributed by atoms with Gasteiger partial charge in [-0.05, 0) is 53.1 Å². The molecule has 3 aromatic rings. The van der Waals surface area contributed by atoms with Gasteiger partial charge in [-0.3, -0.25) is 4.79 Å². The van der Waals surface area contributed by atoms with Crippen LogP contribution >= 0.6 is 0 Å². The molecule has 7 heteroatoms. The number of hydrogen-bond acceptors (Lipinski definition) is 4. The molecule has 0 saturated heterocycles. The van der Waals surface area contributed by atoms with E-state index >= 15 is 0 Å². The maximum absolute atomic E-state index is 13.5. The van der Waals surface area contributed by atoms with E-state index in [-0.39, 0.29) is 21.7 Å². The molecule has 1 saturated carbocycles. The first-order valence-corrected chi connectivity index (χ1v) is 11.6. The van der Waals surface area contributed by atoms with Crippen LogP contribution in [0.5, 0.6) is 0 Å². The zero-order valence-electron chi connectivity index (χ0n) is 17.1. The Morgan fingerprint density at radius 1 is 1.07 bits per heavy atom. The minimum absolute atomic E-state index is 0.201. The first-order valence-electron chi connectivity index (χ1n) is 9.73. The van der Waals surface area contributed by atoms with Crippen LogP contribution in [0.25, 0.3) is 22.3 Å². The fourth-order valence-electron chi connectivity index (χ4n) is 3.71. The van der Waals surface area contributed by atoms with Crippen LogP contribution in [0.1, 0.15) is 20.3 Å². The molecule has 0 aliphatic heterocycles. The second-order valence-corrected chi connectivity index (χ2v) is 10.6. The Bertz CT molecular complexity index is 1260. The molecule has 1 aliphatic carbocycles. The zero-order valence-corrected chi connectivity index (χ0v) is 17.9. The van der Waals surface area contributed by atoms with E-state index in [1.165, 1.54) is 28.9 Å². The Labute approximate surface area is 175 Å². The summed E-state index contributed by atoms with van der Waals surface area (Å²) in [5.41, 5.74) is 2.24. The third-order valence-electron chi connectivity index (χ3n) is 5.88. The third kappa shape index (κ3) is 3.94. The lowest BCUT2D eigenvalue weighted by atomic mass is 9.97. The molecule has 0 amide bonds. The van der Waals surface area contributed by atoms with Crippen molar-refractivity contribution in [3.05, 3.63) is 70.9 Å². The number of benzene rings is 2. The van der Waals surface area contributed by atoms with E-state index in [2.05, 4.69) is 18.9 Å². The van der Waals surface area contributed by atoms with Gasteiger partial charge in [0.15, 0.2) is 9.84 Å². The molecular weight excluding hydrogens is 403 g/mol. The normalized spacial score (nSPS) is 17.7. The van der Waals surface area contributed by atoms with Crippen LogP contribution < -0.4 is 5.56 Å². The summed E-state index contributed by atoms with van der Waals surface area (Å²) in [5, 5.41) is 4.39. The number of aromatic nitrogens is 2. The summed E-state index contributed by atoms with van der Waals surface area (Å²) in [7, 11) is -3.32. The smallest absolute Gasteiger partial charge is 0.267 e. The van der Waals surface area contributed by atoms with Gasteiger partial charge in [0.1, 0.15) is 5.82 Å². The maximum atomic E-state index is 13.5. The molecule has 156 valence electrons. The van der Waals surface area contributed by atoms with E-state index in [9.17, 15) is 17.6 Å². The van der Waals surface area contributed by atoms with Crippen molar-refractivity contribution in [3.63, 3.8) is 0 Å². The van der Waals surface area contributed by atoms with Crippen LogP contribution in [0.3, 0.4) is 0 Å².